The standard InChI is InChI=1S/C16H13F2NO/c17-16(18)15(20)13-10-19(11-6-2-1-3-7-11)14-9-5-4-8-12(13)14/h1-10,15-16,20H. The van der Waals surface area contributed by atoms with Gasteiger partial charge in [0.15, 0.2) is 0 Å². The number of aromatic nitrogens is 1. The van der Waals surface area contributed by atoms with E-state index in [4.69, 9.17) is 0 Å². The molecule has 3 rings (SSSR count). The predicted molar refractivity (Wildman–Crippen MR) is 74.2 cm³/mol. The Bertz CT molecular complexity index is 722. The van der Waals surface area contributed by atoms with Crippen LogP contribution in [-0.2, 0) is 0 Å². The molecule has 1 heterocycles. The number of halogens is 2. The van der Waals surface area contributed by atoms with Gasteiger partial charge in [-0.3, -0.25) is 0 Å². The van der Waals surface area contributed by atoms with Gasteiger partial charge in [0, 0.05) is 22.8 Å². The van der Waals surface area contributed by atoms with Gasteiger partial charge in [0.25, 0.3) is 6.43 Å². The van der Waals surface area contributed by atoms with Gasteiger partial charge >= 0.3 is 0 Å². The highest BCUT2D eigenvalue weighted by Gasteiger charge is 2.23. The molecule has 0 spiro atoms. The fraction of sp³-hybridized carbons (Fsp3) is 0.125. The maximum atomic E-state index is 12.8. The van der Waals surface area contributed by atoms with Crippen molar-refractivity contribution in [2.24, 2.45) is 0 Å². The largest absolute Gasteiger partial charge is 0.382 e. The number of fused-ring (bicyclic) bond motifs is 1. The third-order valence-electron chi connectivity index (χ3n) is 3.33. The maximum Gasteiger partial charge on any atom is 0.268 e. The van der Waals surface area contributed by atoms with Crippen LogP contribution in [0.4, 0.5) is 8.78 Å². The Kier molecular flexibility index (Phi) is 3.24. The van der Waals surface area contributed by atoms with E-state index in [0.29, 0.717) is 5.39 Å². The SMILES string of the molecule is OC(c1cn(-c2ccccc2)c2ccccc12)C(F)F. The number of para-hydroxylation sites is 2. The third kappa shape index (κ3) is 2.08. The van der Waals surface area contributed by atoms with Crippen molar-refractivity contribution in [2.75, 3.05) is 0 Å². The van der Waals surface area contributed by atoms with Gasteiger partial charge in [-0.2, -0.15) is 0 Å². The van der Waals surface area contributed by atoms with E-state index in [9.17, 15) is 13.9 Å². The van der Waals surface area contributed by atoms with Crippen LogP contribution in [0.3, 0.4) is 0 Å². The van der Waals surface area contributed by atoms with Gasteiger partial charge in [-0.25, -0.2) is 8.78 Å². The summed E-state index contributed by atoms with van der Waals surface area (Å²) in [5.41, 5.74) is 1.92. The van der Waals surface area contributed by atoms with E-state index >= 15 is 0 Å². The molecule has 3 aromatic rings. The highest BCUT2D eigenvalue weighted by atomic mass is 19.3. The topological polar surface area (TPSA) is 25.2 Å². The van der Waals surface area contributed by atoms with E-state index in [1.807, 2.05) is 47.0 Å². The normalized spacial score (nSPS) is 13.0. The molecule has 20 heavy (non-hydrogen) atoms. The number of rotatable bonds is 3. The number of benzene rings is 2. The molecule has 0 saturated heterocycles. The maximum absolute atomic E-state index is 12.8. The molecule has 0 saturated carbocycles. The molecule has 4 heteroatoms. The van der Waals surface area contributed by atoms with Crippen LogP contribution in [0.2, 0.25) is 0 Å². The molecule has 2 nitrogen and oxygen atoms in total. The van der Waals surface area contributed by atoms with Crippen molar-refractivity contribution in [3.05, 3.63) is 66.4 Å². The van der Waals surface area contributed by atoms with Crippen LogP contribution < -0.4 is 0 Å². The fourth-order valence-corrected chi connectivity index (χ4v) is 2.38. The quantitative estimate of drug-likeness (QED) is 0.768. The summed E-state index contributed by atoms with van der Waals surface area (Å²) in [6, 6.07) is 16.7. The average molecular weight is 273 g/mol. The Morgan fingerprint density at radius 3 is 2.25 bits per heavy atom. The molecule has 0 fully saturated rings. The minimum absolute atomic E-state index is 0.249. The third-order valence-corrected chi connectivity index (χ3v) is 3.33. The Morgan fingerprint density at radius 1 is 0.900 bits per heavy atom. The molecule has 0 radical (unpaired) electrons. The summed E-state index contributed by atoms with van der Waals surface area (Å²) in [5, 5.41) is 10.3. The second-order valence-electron chi connectivity index (χ2n) is 4.59. The van der Waals surface area contributed by atoms with Gasteiger partial charge in [-0.15, -0.1) is 0 Å². The lowest BCUT2D eigenvalue weighted by molar-refractivity contribution is -0.00499. The molecule has 0 aliphatic carbocycles. The number of nitrogens with zero attached hydrogens (tertiary/aromatic N) is 1. The molecular weight excluding hydrogens is 260 g/mol. The van der Waals surface area contributed by atoms with Crippen molar-refractivity contribution in [3.63, 3.8) is 0 Å². The Labute approximate surface area is 114 Å². The number of alkyl halides is 2. The average Bonchev–Trinajstić information content (AvgIpc) is 2.87. The molecule has 1 N–H and O–H groups in total. The van der Waals surface area contributed by atoms with Crippen LogP contribution in [0.5, 0.6) is 0 Å². The Morgan fingerprint density at radius 2 is 1.55 bits per heavy atom. The highest BCUT2D eigenvalue weighted by Crippen LogP contribution is 2.31. The van der Waals surface area contributed by atoms with Gasteiger partial charge in [0.2, 0.25) is 0 Å². The number of hydrogen-bond acceptors (Lipinski definition) is 1. The monoisotopic (exact) mass is 273 g/mol. The first-order chi connectivity index (χ1) is 9.68. The molecule has 1 aromatic heterocycles. The van der Waals surface area contributed by atoms with Gasteiger partial charge in [-0.1, -0.05) is 36.4 Å². The van der Waals surface area contributed by atoms with E-state index < -0.39 is 12.5 Å². The summed E-state index contributed by atoms with van der Waals surface area (Å²) in [6.07, 6.45) is -2.99. The van der Waals surface area contributed by atoms with Crippen LogP contribution in [-0.4, -0.2) is 16.1 Å². The first-order valence-electron chi connectivity index (χ1n) is 6.30. The van der Waals surface area contributed by atoms with E-state index in [-0.39, 0.29) is 5.56 Å². The van der Waals surface area contributed by atoms with Gasteiger partial charge in [-0.05, 0) is 18.2 Å². The second kappa shape index (κ2) is 5.06. The zero-order valence-electron chi connectivity index (χ0n) is 10.6. The van der Waals surface area contributed by atoms with Crippen molar-refractivity contribution in [2.45, 2.75) is 12.5 Å². The minimum Gasteiger partial charge on any atom is -0.382 e. The van der Waals surface area contributed by atoms with Crippen molar-refractivity contribution < 1.29 is 13.9 Å². The summed E-state index contributed by atoms with van der Waals surface area (Å²) in [4.78, 5) is 0. The van der Waals surface area contributed by atoms with Gasteiger partial charge < -0.3 is 9.67 Å². The van der Waals surface area contributed by atoms with Crippen molar-refractivity contribution in [1.29, 1.82) is 0 Å². The number of aliphatic hydroxyl groups excluding tert-OH is 1. The van der Waals surface area contributed by atoms with Crippen LogP contribution in [0, 0.1) is 0 Å². The molecule has 0 aliphatic rings. The van der Waals surface area contributed by atoms with E-state index in [0.717, 1.165) is 11.2 Å². The van der Waals surface area contributed by atoms with Crippen LogP contribution >= 0.6 is 0 Å². The Hall–Kier alpha value is -2.20. The van der Waals surface area contributed by atoms with Crippen molar-refractivity contribution in [3.8, 4) is 5.69 Å². The zero-order valence-corrected chi connectivity index (χ0v) is 10.6. The number of aliphatic hydroxyl groups is 1. The first kappa shape index (κ1) is 12.8. The van der Waals surface area contributed by atoms with Crippen LogP contribution in [0.1, 0.15) is 11.7 Å². The number of hydrogen-bond donors (Lipinski definition) is 1. The summed E-state index contributed by atoms with van der Waals surface area (Å²) in [6.45, 7) is 0. The summed E-state index contributed by atoms with van der Waals surface area (Å²) in [7, 11) is 0. The molecule has 0 bridgehead atoms. The second-order valence-corrected chi connectivity index (χ2v) is 4.59. The van der Waals surface area contributed by atoms with Crippen LogP contribution in [0.15, 0.2) is 60.8 Å². The fourth-order valence-electron chi connectivity index (χ4n) is 2.38. The minimum atomic E-state index is -2.80. The smallest absolute Gasteiger partial charge is 0.268 e. The molecule has 2 aromatic carbocycles. The van der Waals surface area contributed by atoms with Crippen molar-refractivity contribution in [1.82, 2.24) is 4.57 Å². The highest BCUT2D eigenvalue weighted by molar-refractivity contribution is 5.86. The van der Waals surface area contributed by atoms with Gasteiger partial charge in [0.05, 0.1) is 5.52 Å². The molecule has 1 atom stereocenters. The molecule has 0 aliphatic heterocycles. The summed E-state index contributed by atoms with van der Waals surface area (Å²) in [5.74, 6) is 0. The lowest BCUT2D eigenvalue weighted by Crippen LogP contribution is -2.07. The zero-order chi connectivity index (χ0) is 14.1. The van der Waals surface area contributed by atoms with Crippen LogP contribution in [0.25, 0.3) is 16.6 Å². The molecule has 0 amide bonds. The van der Waals surface area contributed by atoms with Gasteiger partial charge in [0.1, 0.15) is 6.10 Å². The first-order valence-corrected chi connectivity index (χ1v) is 6.30. The predicted octanol–water partition coefficient (Wildman–Crippen LogP) is 3.93. The van der Waals surface area contributed by atoms with E-state index in [2.05, 4.69) is 0 Å². The molecular formula is C16H13F2NO. The molecule has 1 unspecified atom stereocenters. The summed E-state index contributed by atoms with van der Waals surface area (Å²) < 4.78 is 27.4. The van der Waals surface area contributed by atoms with E-state index in [1.165, 1.54) is 0 Å². The van der Waals surface area contributed by atoms with Crippen molar-refractivity contribution >= 4 is 10.9 Å². The van der Waals surface area contributed by atoms with E-state index in [1.54, 1.807) is 18.3 Å². The molecule has 102 valence electrons. The summed E-state index contributed by atoms with van der Waals surface area (Å²) >= 11 is 0. The lowest BCUT2D eigenvalue weighted by atomic mass is 10.1. The lowest BCUT2D eigenvalue weighted by Gasteiger charge is -2.07. The Balaban J connectivity index is 2.24.